The van der Waals surface area contributed by atoms with Gasteiger partial charge in [-0.15, -0.1) is 0 Å². The van der Waals surface area contributed by atoms with Crippen molar-refractivity contribution in [1.82, 2.24) is 9.97 Å². The highest BCUT2D eigenvalue weighted by Crippen LogP contribution is 2.23. The fourth-order valence-electron chi connectivity index (χ4n) is 2.87. The van der Waals surface area contributed by atoms with Crippen LogP contribution in [-0.2, 0) is 0 Å². The minimum atomic E-state index is -0.364. The summed E-state index contributed by atoms with van der Waals surface area (Å²) in [5.74, 6) is 1.55. The molecule has 1 aliphatic heterocycles. The Morgan fingerprint density at radius 1 is 1.04 bits per heavy atom. The van der Waals surface area contributed by atoms with Crippen molar-refractivity contribution in [3.8, 4) is 17.5 Å². The zero-order valence-corrected chi connectivity index (χ0v) is 15.1. The molecule has 7 nitrogen and oxygen atoms in total. The standard InChI is InChI=1S/C21H18N6O/c22-14-15-5-7-17(8-6-15)24-21(28)25-18-4-1-3-16(13-18)20-23-10-9-19(26-20)27-11-2-12-27/h1,3-10,13H,2,11-12H2,(H2,24,25,28). The number of carbonyl (C=O) groups excluding carboxylic acids is 1. The van der Waals surface area contributed by atoms with Crippen molar-refractivity contribution in [3.63, 3.8) is 0 Å². The highest BCUT2D eigenvalue weighted by Gasteiger charge is 2.16. The average molecular weight is 370 g/mol. The van der Waals surface area contributed by atoms with E-state index in [4.69, 9.17) is 5.26 Å². The number of anilines is 3. The van der Waals surface area contributed by atoms with Crippen LogP contribution in [-0.4, -0.2) is 29.1 Å². The van der Waals surface area contributed by atoms with E-state index >= 15 is 0 Å². The molecule has 28 heavy (non-hydrogen) atoms. The van der Waals surface area contributed by atoms with Gasteiger partial charge in [0.15, 0.2) is 5.82 Å². The van der Waals surface area contributed by atoms with Crippen molar-refractivity contribution in [3.05, 3.63) is 66.4 Å². The maximum atomic E-state index is 12.2. The van der Waals surface area contributed by atoms with Crippen LogP contribution in [0.5, 0.6) is 0 Å². The first-order valence-corrected chi connectivity index (χ1v) is 8.98. The molecule has 2 aromatic carbocycles. The van der Waals surface area contributed by atoms with Gasteiger partial charge >= 0.3 is 6.03 Å². The molecule has 2 amide bonds. The molecule has 2 heterocycles. The lowest BCUT2D eigenvalue weighted by Crippen LogP contribution is -2.37. The Kier molecular flexibility index (Phi) is 4.85. The Balaban J connectivity index is 1.46. The summed E-state index contributed by atoms with van der Waals surface area (Å²) >= 11 is 0. The molecule has 4 rings (SSSR count). The van der Waals surface area contributed by atoms with Gasteiger partial charge in [-0.05, 0) is 48.9 Å². The molecular formula is C21H18N6O. The predicted octanol–water partition coefficient (Wildman–Crippen LogP) is 3.87. The molecule has 0 bridgehead atoms. The third-order valence-electron chi connectivity index (χ3n) is 4.47. The Labute approximate surface area is 162 Å². The van der Waals surface area contributed by atoms with Crippen molar-refractivity contribution >= 4 is 23.2 Å². The Hall–Kier alpha value is -3.92. The number of aromatic nitrogens is 2. The molecule has 1 aliphatic rings. The van der Waals surface area contributed by atoms with Crippen LogP contribution in [0.15, 0.2) is 60.8 Å². The van der Waals surface area contributed by atoms with Gasteiger partial charge in [0.2, 0.25) is 0 Å². The van der Waals surface area contributed by atoms with Crippen molar-refractivity contribution in [2.75, 3.05) is 28.6 Å². The summed E-state index contributed by atoms with van der Waals surface area (Å²) < 4.78 is 0. The lowest BCUT2D eigenvalue weighted by Gasteiger charge is -2.31. The minimum absolute atomic E-state index is 0.364. The first-order valence-electron chi connectivity index (χ1n) is 8.98. The molecule has 1 fully saturated rings. The molecule has 2 N–H and O–H groups in total. The van der Waals surface area contributed by atoms with E-state index < -0.39 is 0 Å². The van der Waals surface area contributed by atoms with Crippen LogP contribution in [0, 0.1) is 11.3 Å². The van der Waals surface area contributed by atoms with Crippen LogP contribution in [0.3, 0.4) is 0 Å². The monoisotopic (exact) mass is 370 g/mol. The van der Waals surface area contributed by atoms with Gasteiger partial charge in [-0.3, -0.25) is 0 Å². The maximum absolute atomic E-state index is 12.2. The van der Waals surface area contributed by atoms with Crippen LogP contribution < -0.4 is 15.5 Å². The van der Waals surface area contributed by atoms with E-state index in [2.05, 4.69) is 25.5 Å². The summed E-state index contributed by atoms with van der Waals surface area (Å²) in [5, 5.41) is 14.4. The van der Waals surface area contributed by atoms with Gasteiger partial charge in [0, 0.05) is 36.2 Å². The number of urea groups is 1. The number of nitrogens with zero attached hydrogens (tertiary/aromatic N) is 4. The largest absolute Gasteiger partial charge is 0.356 e. The number of hydrogen-bond acceptors (Lipinski definition) is 5. The summed E-state index contributed by atoms with van der Waals surface area (Å²) in [5.41, 5.74) is 2.62. The number of hydrogen-bond donors (Lipinski definition) is 2. The van der Waals surface area contributed by atoms with Gasteiger partial charge in [0.1, 0.15) is 5.82 Å². The molecule has 1 saturated heterocycles. The molecule has 1 aromatic heterocycles. The third-order valence-corrected chi connectivity index (χ3v) is 4.47. The van der Waals surface area contributed by atoms with E-state index in [1.807, 2.05) is 30.3 Å². The lowest BCUT2D eigenvalue weighted by molar-refractivity contribution is 0.262. The van der Waals surface area contributed by atoms with E-state index in [9.17, 15) is 4.79 Å². The topological polar surface area (TPSA) is 93.9 Å². The molecule has 3 aromatic rings. The zero-order chi connectivity index (χ0) is 19.3. The number of rotatable bonds is 4. The first-order chi connectivity index (χ1) is 13.7. The van der Waals surface area contributed by atoms with Gasteiger partial charge in [0.05, 0.1) is 11.6 Å². The average Bonchev–Trinajstić information content (AvgIpc) is 2.68. The molecule has 0 atom stereocenters. The van der Waals surface area contributed by atoms with Gasteiger partial charge < -0.3 is 15.5 Å². The second-order valence-electron chi connectivity index (χ2n) is 6.43. The smallest absolute Gasteiger partial charge is 0.323 e. The minimum Gasteiger partial charge on any atom is -0.356 e. The lowest BCUT2D eigenvalue weighted by atomic mass is 10.2. The van der Waals surface area contributed by atoms with Gasteiger partial charge in [-0.1, -0.05) is 12.1 Å². The van der Waals surface area contributed by atoms with E-state index in [1.54, 1.807) is 36.5 Å². The first kappa shape index (κ1) is 17.5. The van der Waals surface area contributed by atoms with E-state index in [1.165, 1.54) is 6.42 Å². The number of nitriles is 1. The van der Waals surface area contributed by atoms with Crippen LogP contribution >= 0.6 is 0 Å². The van der Waals surface area contributed by atoms with Crippen molar-refractivity contribution in [2.24, 2.45) is 0 Å². The molecule has 7 heteroatoms. The summed E-state index contributed by atoms with van der Waals surface area (Å²) in [6.45, 7) is 2.04. The number of carbonyl (C=O) groups is 1. The Morgan fingerprint density at radius 3 is 2.54 bits per heavy atom. The molecule has 138 valence electrons. The summed E-state index contributed by atoms with van der Waals surface area (Å²) in [6.07, 6.45) is 2.95. The normalized spacial score (nSPS) is 12.6. The Bertz CT molecular complexity index is 1040. The fourth-order valence-corrected chi connectivity index (χ4v) is 2.87. The quantitative estimate of drug-likeness (QED) is 0.727. The molecular weight excluding hydrogens is 352 g/mol. The SMILES string of the molecule is N#Cc1ccc(NC(=O)Nc2cccc(-c3nccc(N4CCC4)n3)c2)cc1. The van der Waals surface area contributed by atoms with Gasteiger partial charge in [0.25, 0.3) is 0 Å². The van der Waals surface area contributed by atoms with Crippen molar-refractivity contribution in [2.45, 2.75) is 6.42 Å². The van der Waals surface area contributed by atoms with Crippen LogP contribution in [0.2, 0.25) is 0 Å². The van der Waals surface area contributed by atoms with Crippen LogP contribution in [0.4, 0.5) is 22.0 Å². The molecule has 0 radical (unpaired) electrons. The summed E-state index contributed by atoms with van der Waals surface area (Å²) in [4.78, 5) is 23.4. The number of nitrogens with one attached hydrogen (secondary N) is 2. The molecule has 0 saturated carbocycles. The molecule has 0 unspecified atom stereocenters. The highest BCUT2D eigenvalue weighted by molar-refractivity contribution is 6.00. The van der Waals surface area contributed by atoms with Gasteiger partial charge in [-0.2, -0.15) is 5.26 Å². The molecule has 0 aliphatic carbocycles. The van der Waals surface area contributed by atoms with Crippen LogP contribution in [0.1, 0.15) is 12.0 Å². The summed E-state index contributed by atoms with van der Waals surface area (Å²) in [6, 6.07) is 17.7. The Morgan fingerprint density at radius 2 is 1.82 bits per heavy atom. The third kappa shape index (κ3) is 3.91. The maximum Gasteiger partial charge on any atom is 0.323 e. The van der Waals surface area contributed by atoms with Gasteiger partial charge in [-0.25, -0.2) is 14.8 Å². The fraction of sp³-hybridized carbons (Fsp3) is 0.143. The number of benzene rings is 2. The van der Waals surface area contributed by atoms with Crippen molar-refractivity contribution < 1.29 is 4.79 Å². The highest BCUT2D eigenvalue weighted by atomic mass is 16.2. The summed E-state index contributed by atoms with van der Waals surface area (Å²) in [7, 11) is 0. The van der Waals surface area contributed by atoms with E-state index in [0.717, 1.165) is 24.5 Å². The second-order valence-corrected chi connectivity index (χ2v) is 6.43. The second kappa shape index (κ2) is 7.76. The van der Waals surface area contributed by atoms with Crippen molar-refractivity contribution in [1.29, 1.82) is 5.26 Å². The number of amides is 2. The van der Waals surface area contributed by atoms with E-state index in [0.29, 0.717) is 22.8 Å². The van der Waals surface area contributed by atoms with E-state index in [-0.39, 0.29) is 6.03 Å². The predicted molar refractivity (Wildman–Crippen MR) is 108 cm³/mol. The zero-order valence-electron chi connectivity index (χ0n) is 15.1. The van der Waals surface area contributed by atoms with Crippen LogP contribution in [0.25, 0.3) is 11.4 Å². The molecule has 0 spiro atoms.